The van der Waals surface area contributed by atoms with E-state index in [0.29, 0.717) is 27.9 Å². The van der Waals surface area contributed by atoms with Gasteiger partial charge in [0, 0.05) is 28.8 Å². The molecule has 0 aliphatic rings. The summed E-state index contributed by atoms with van der Waals surface area (Å²) >= 11 is 5.99. The lowest BCUT2D eigenvalue weighted by molar-refractivity contribution is 0.630. The van der Waals surface area contributed by atoms with Gasteiger partial charge in [-0.25, -0.2) is 8.78 Å². The van der Waals surface area contributed by atoms with Crippen molar-refractivity contribution in [3.05, 3.63) is 78.0 Å². The van der Waals surface area contributed by atoms with Gasteiger partial charge in [-0.15, -0.1) is 11.6 Å². The van der Waals surface area contributed by atoms with Gasteiger partial charge in [-0.3, -0.25) is 4.98 Å². The number of pyridine rings is 1. The Morgan fingerprint density at radius 2 is 1.41 bits per heavy atom. The van der Waals surface area contributed by atoms with Crippen LogP contribution >= 0.6 is 11.6 Å². The lowest BCUT2D eigenvalue weighted by Gasteiger charge is -2.11. The molecule has 0 bridgehead atoms. The lowest BCUT2D eigenvalue weighted by Crippen LogP contribution is -1.95. The van der Waals surface area contributed by atoms with Gasteiger partial charge in [0.1, 0.15) is 11.6 Å². The van der Waals surface area contributed by atoms with E-state index in [9.17, 15) is 8.78 Å². The van der Waals surface area contributed by atoms with Crippen molar-refractivity contribution in [1.29, 1.82) is 0 Å². The molecule has 0 atom stereocenters. The molecule has 110 valence electrons. The summed E-state index contributed by atoms with van der Waals surface area (Å²) in [5, 5.41) is 0. The van der Waals surface area contributed by atoms with Gasteiger partial charge in [0.2, 0.25) is 0 Å². The molecule has 22 heavy (non-hydrogen) atoms. The average molecular weight is 316 g/mol. The number of rotatable bonds is 3. The van der Waals surface area contributed by atoms with Gasteiger partial charge in [-0.1, -0.05) is 30.3 Å². The number of hydrogen-bond acceptors (Lipinski definition) is 1. The number of nitrogens with zero attached hydrogens (tertiary/aromatic N) is 1. The first kappa shape index (κ1) is 14.7. The van der Waals surface area contributed by atoms with Gasteiger partial charge in [-0.2, -0.15) is 0 Å². The van der Waals surface area contributed by atoms with E-state index in [-0.39, 0.29) is 17.5 Å². The van der Waals surface area contributed by atoms with Crippen LogP contribution in [0, 0.1) is 11.6 Å². The highest BCUT2D eigenvalue weighted by molar-refractivity contribution is 6.17. The Morgan fingerprint density at radius 3 is 2.00 bits per heavy atom. The number of halogens is 3. The number of benzene rings is 2. The smallest absolute Gasteiger partial charge is 0.132 e. The van der Waals surface area contributed by atoms with Crippen molar-refractivity contribution in [3.63, 3.8) is 0 Å². The molecule has 0 unspecified atom stereocenters. The Morgan fingerprint density at radius 1 is 0.818 bits per heavy atom. The summed E-state index contributed by atoms with van der Waals surface area (Å²) in [4.78, 5) is 4.27. The molecule has 1 aromatic heterocycles. The fraction of sp³-hybridized carbons (Fsp3) is 0.0556. The maximum Gasteiger partial charge on any atom is 0.132 e. The first-order chi connectivity index (χ1) is 10.7. The highest BCUT2D eigenvalue weighted by Crippen LogP contribution is 2.30. The molecular formula is C18H12ClF2N. The second kappa shape index (κ2) is 6.24. The number of hydrogen-bond donors (Lipinski definition) is 0. The molecule has 0 N–H and O–H groups in total. The van der Waals surface area contributed by atoms with Crippen molar-refractivity contribution >= 4 is 11.6 Å². The average Bonchev–Trinajstić information content (AvgIpc) is 2.55. The first-order valence-corrected chi connectivity index (χ1v) is 7.29. The fourth-order valence-corrected chi connectivity index (χ4v) is 2.57. The van der Waals surface area contributed by atoms with Gasteiger partial charge >= 0.3 is 0 Å². The topological polar surface area (TPSA) is 12.9 Å². The van der Waals surface area contributed by atoms with E-state index < -0.39 is 0 Å². The lowest BCUT2D eigenvalue weighted by atomic mass is 10.00. The Kier molecular flexibility index (Phi) is 4.16. The van der Waals surface area contributed by atoms with Crippen LogP contribution in [0.1, 0.15) is 5.56 Å². The van der Waals surface area contributed by atoms with E-state index in [2.05, 4.69) is 4.98 Å². The third-order valence-corrected chi connectivity index (χ3v) is 3.74. The second-order valence-corrected chi connectivity index (χ2v) is 5.09. The van der Waals surface area contributed by atoms with Crippen LogP contribution in [0.3, 0.4) is 0 Å². The summed E-state index contributed by atoms with van der Waals surface area (Å²) in [7, 11) is 0. The minimum absolute atomic E-state index is 0.188. The summed E-state index contributed by atoms with van der Waals surface area (Å²) in [6.45, 7) is 0. The van der Waals surface area contributed by atoms with Crippen molar-refractivity contribution in [3.8, 4) is 22.4 Å². The summed E-state index contributed by atoms with van der Waals surface area (Å²) < 4.78 is 27.8. The maximum absolute atomic E-state index is 13.9. The minimum atomic E-state index is -0.353. The van der Waals surface area contributed by atoms with Crippen LogP contribution in [0.25, 0.3) is 22.4 Å². The van der Waals surface area contributed by atoms with E-state index in [1.54, 1.807) is 42.5 Å². The molecule has 0 amide bonds. The van der Waals surface area contributed by atoms with Gasteiger partial charge in [0.25, 0.3) is 0 Å². The zero-order valence-electron chi connectivity index (χ0n) is 11.6. The Balaban J connectivity index is 2.13. The Bertz CT molecular complexity index is 818. The molecule has 4 heteroatoms. The van der Waals surface area contributed by atoms with E-state index in [0.717, 1.165) is 0 Å². The summed E-state index contributed by atoms with van der Waals surface area (Å²) in [6.07, 6.45) is 1.54. The standard InChI is InChI=1S/C18H12ClF2N/c19-10-12-9-18(14-6-2-4-8-17(14)21)22-11-15(12)13-5-1-3-7-16(13)20/h1-9,11H,10H2. The van der Waals surface area contributed by atoms with Crippen molar-refractivity contribution < 1.29 is 8.78 Å². The molecule has 2 aromatic carbocycles. The molecule has 0 fully saturated rings. The van der Waals surface area contributed by atoms with Gasteiger partial charge < -0.3 is 0 Å². The molecule has 3 rings (SSSR count). The van der Waals surface area contributed by atoms with Gasteiger partial charge in [0.15, 0.2) is 0 Å². The highest BCUT2D eigenvalue weighted by Gasteiger charge is 2.13. The third-order valence-electron chi connectivity index (χ3n) is 3.45. The molecule has 1 heterocycles. The number of alkyl halides is 1. The SMILES string of the molecule is Fc1ccccc1-c1cc(CCl)c(-c2ccccc2F)cn1. The van der Waals surface area contributed by atoms with Crippen LogP contribution in [0.2, 0.25) is 0 Å². The van der Waals surface area contributed by atoms with Crippen LogP contribution in [0.15, 0.2) is 60.8 Å². The maximum atomic E-state index is 13.9. The Hall–Kier alpha value is -2.26. The second-order valence-electron chi connectivity index (χ2n) is 4.82. The van der Waals surface area contributed by atoms with Crippen molar-refractivity contribution in [1.82, 2.24) is 4.98 Å². The van der Waals surface area contributed by atoms with Gasteiger partial charge in [0.05, 0.1) is 5.69 Å². The molecular weight excluding hydrogens is 304 g/mol. The predicted molar refractivity (Wildman–Crippen MR) is 84.6 cm³/mol. The fourth-order valence-electron chi connectivity index (χ4n) is 2.35. The molecule has 0 saturated carbocycles. The van der Waals surface area contributed by atoms with Crippen molar-refractivity contribution in [2.45, 2.75) is 5.88 Å². The summed E-state index contributed by atoms with van der Waals surface area (Å²) in [5.41, 5.74) is 2.64. The normalized spacial score (nSPS) is 10.7. The molecule has 3 aromatic rings. The van der Waals surface area contributed by atoms with E-state index in [4.69, 9.17) is 11.6 Å². The van der Waals surface area contributed by atoms with E-state index in [1.165, 1.54) is 18.3 Å². The monoisotopic (exact) mass is 315 g/mol. The van der Waals surface area contributed by atoms with Crippen molar-refractivity contribution in [2.75, 3.05) is 0 Å². The Labute approximate surface area is 132 Å². The third kappa shape index (κ3) is 2.72. The molecule has 0 radical (unpaired) electrons. The predicted octanol–water partition coefficient (Wildman–Crippen LogP) is 5.43. The summed E-state index contributed by atoms with van der Waals surface area (Å²) in [5.74, 6) is -0.503. The number of aromatic nitrogens is 1. The van der Waals surface area contributed by atoms with Crippen LogP contribution in [-0.4, -0.2) is 4.98 Å². The van der Waals surface area contributed by atoms with Crippen LogP contribution < -0.4 is 0 Å². The minimum Gasteiger partial charge on any atom is -0.255 e. The van der Waals surface area contributed by atoms with Crippen LogP contribution in [0.5, 0.6) is 0 Å². The first-order valence-electron chi connectivity index (χ1n) is 6.75. The van der Waals surface area contributed by atoms with Gasteiger partial charge in [-0.05, 0) is 29.8 Å². The highest BCUT2D eigenvalue weighted by atomic mass is 35.5. The molecule has 0 spiro atoms. The van der Waals surface area contributed by atoms with E-state index in [1.807, 2.05) is 0 Å². The zero-order valence-corrected chi connectivity index (χ0v) is 12.3. The molecule has 1 nitrogen and oxygen atoms in total. The largest absolute Gasteiger partial charge is 0.255 e. The molecule has 0 saturated heterocycles. The quantitative estimate of drug-likeness (QED) is 0.587. The van der Waals surface area contributed by atoms with Crippen LogP contribution in [-0.2, 0) is 5.88 Å². The zero-order chi connectivity index (χ0) is 15.5. The summed E-state index contributed by atoms with van der Waals surface area (Å²) in [6, 6.07) is 14.5. The van der Waals surface area contributed by atoms with Crippen molar-refractivity contribution in [2.24, 2.45) is 0 Å². The van der Waals surface area contributed by atoms with E-state index >= 15 is 0 Å². The molecule has 0 aliphatic heterocycles. The van der Waals surface area contributed by atoms with Crippen LogP contribution in [0.4, 0.5) is 8.78 Å². The molecule has 0 aliphatic carbocycles.